The summed E-state index contributed by atoms with van der Waals surface area (Å²) in [6.45, 7) is 4.42. The Morgan fingerprint density at radius 3 is 3.00 bits per heavy atom. The van der Waals surface area contributed by atoms with Crippen LogP contribution in [0.2, 0.25) is 0 Å². The first-order valence-electron chi connectivity index (χ1n) is 7.96. The van der Waals surface area contributed by atoms with Crippen molar-refractivity contribution in [3.8, 4) is 11.5 Å². The lowest BCUT2D eigenvalue weighted by Crippen LogP contribution is -2.23. The van der Waals surface area contributed by atoms with Gasteiger partial charge in [0, 0.05) is 24.5 Å². The van der Waals surface area contributed by atoms with Crippen molar-refractivity contribution in [3.63, 3.8) is 0 Å². The third-order valence-electron chi connectivity index (χ3n) is 4.63. The van der Waals surface area contributed by atoms with Crippen molar-refractivity contribution in [2.75, 3.05) is 11.9 Å². The summed E-state index contributed by atoms with van der Waals surface area (Å²) in [5, 5.41) is 7.47. The van der Waals surface area contributed by atoms with Gasteiger partial charge >= 0.3 is 0 Å². The molecule has 2 N–H and O–H groups in total. The normalized spacial score (nSPS) is 17.4. The fourth-order valence-electron chi connectivity index (χ4n) is 3.28. The summed E-state index contributed by atoms with van der Waals surface area (Å²) in [5.41, 5.74) is 6.85. The Labute approximate surface area is 129 Å². The number of H-pyrrole nitrogens is 2. The van der Waals surface area contributed by atoms with Crippen LogP contribution in [0.15, 0.2) is 18.2 Å². The molecular formula is C17H21N5. The molecule has 0 fully saturated rings. The summed E-state index contributed by atoms with van der Waals surface area (Å²) in [5.74, 6) is 0.841. The van der Waals surface area contributed by atoms with Crippen LogP contribution in [0.5, 0.6) is 0 Å². The number of likely N-dealkylation sites (N-methyl/N-ethyl adjacent to an activating group) is 1. The lowest BCUT2D eigenvalue weighted by atomic mass is 10.1. The fraction of sp³-hybridized carbons (Fsp3) is 0.412. The zero-order valence-corrected chi connectivity index (χ0v) is 13.3. The Hall–Kier alpha value is -2.30. The summed E-state index contributed by atoms with van der Waals surface area (Å²) in [6.07, 6.45) is 3.22. The molecule has 0 saturated heterocycles. The zero-order chi connectivity index (χ0) is 15.3. The monoisotopic (exact) mass is 295 g/mol. The van der Waals surface area contributed by atoms with E-state index < -0.39 is 0 Å². The SMILES string of the molecule is CCCc1cc(-c2nc3cc4c(cc3[nH]2)CC(C)N4C)n[nH]1. The Kier molecular flexibility index (Phi) is 2.96. The Morgan fingerprint density at radius 2 is 2.18 bits per heavy atom. The summed E-state index contributed by atoms with van der Waals surface area (Å²) in [7, 11) is 2.15. The number of aromatic amines is 2. The van der Waals surface area contributed by atoms with Crippen LogP contribution in [0.4, 0.5) is 5.69 Å². The summed E-state index contributed by atoms with van der Waals surface area (Å²) < 4.78 is 0. The molecular weight excluding hydrogens is 274 g/mol. The molecule has 1 unspecified atom stereocenters. The van der Waals surface area contributed by atoms with Crippen LogP contribution in [0.25, 0.3) is 22.6 Å². The van der Waals surface area contributed by atoms with E-state index in [0.717, 1.165) is 47.5 Å². The van der Waals surface area contributed by atoms with Gasteiger partial charge < -0.3 is 9.88 Å². The number of nitrogens with zero attached hydrogens (tertiary/aromatic N) is 3. The predicted octanol–water partition coefficient (Wildman–Crippen LogP) is 3.29. The van der Waals surface area contributed by atoms with Gasteiger partial charge in [0.05, 0.1) is 11.0 Å². The molecule has 3 aromatic rings. The third-order valence-corrected chi connectivity index (χ3v) is 4.63. The third kappa shape index (κ3) is 2.00. The molecule has 1 atom stereocenters. The van der Waals surface area contributed by atoms with Gasteiger partial charge in [-0.3, -0.25) is 5.10 Å². The molecule has 1 aromatic carbocycles. The molecule has 1 aliphatic heterocycles. The predicted molar refractivity (Wildman–Crippen MR) is 89.2 cm³/mol. The molecule has 4 rings (SSSR count). The van der Waals surface area contributed by atoms with Crippen molar-refractivity contribution in [2.45, 2.75) is 39.2 Å². The molecule has 0 aliphatic carbocycles. The number of benzene rings is 1. The number of fused-ring (bicyclic) bond motifs is 2. The van der Waals surface area contributed by atoms with Crippen LogP contribution >= 0.6 is 0 Å². The van der Waals surface area contributed by atoms with Crippen LogP contribution < -0.4 is 4.90 Å². The van der Waals surface area contributed by atoms with Gasteiger partial charge in [0.2, 0.25) is 0 Å². The smallest absolute Gasteiger partial charge is 0.159 e. The second kappa shape index (κ2) is 4.87. The number of aromatic nitrogens is 4. The van der Waals surface area contributed by atoms with E-state index in [4.69, 9.17) is 4.98 Å². The highest BCUT2D eigenvalue weighted by molar-refractivity contribution is 5.85. The number of hydrogen-bond donors (Lipinski definition) is 2. The van der Waals surface area contributed by atoms with E-state index in [1.54, 1.807) is 0 Å². The van der Waals surface area contributed by atoms with Crippen molar-refractivity contribution in [1.82, 2.24) is 20.2 Å². The molecule has 0 spiro atoms. The first-order chi connectivity index (χ1) is 10.7. The number of aryl methyl sites for hydroxylation is 1. The topological polar surface area (TPSA) is 60.6 Å². The van der Waals surface area contributed by atoms with Crippen LogP contribution in [-0.4, -0.2) is 33.3 Å². The first kappa shape index (κ1) is 13.4. The van der Waals surface area contributed by atoms with Gasteiger partial charge in [0.25, 0.3) is 0 Å². The van der Waals surface area contributed by atoms with E-state index in [1.165, 1.54) is 11.3 Å². The van der Waals surface area contributed by atoms with Gasteiger partial charge in [-0.05, 0) is 43.5 Å². The van der Waals surface area contributed by atoms with Crippen molar-refractivity contribution in [3.05, 3.63) is 29.5 Å². The fourth-order valence-corrected chi connectivity index (χ4v) is 3.28. The second-order valence-corrected chi connectivity index (χ2v) is 6.28. The minimum absolute atomic E-state index is 0.559. The number of anilines is 1. The van der Waals surface area contributed by atoms with E-state index in [1.807, 2.05) is 0 Å². The molecule has 0 radical (unpaired) electrons. The van der Waals surface area contributed by atoms with Crippen LogP contribution in [0, 0.1) is 0 Å². The van der Waals surface area contributed by atoms with Gasteiger partial charge in [-0.1, -0.05) is 13.3 Å². The van der Waals surface area contributed by atoms with Gasteiger partial charge in [0.1, 0.15) is 5.69 Å². The van der Waals surface area contributed by atoms with E-state index in [-0.39, 0.29) is 0 Å². The standard InChI is InChI=1S/C17H21N5/c1-4-5-12-8-15(21-20-12)17-18-13-7-11-6-10(2)22(3)16(11)9-14(13)19-17/h7-10H,4-6H2,1-3H3,(H,18,19)(H,20,21). The minimum atomic E-state index is 0.559. The number of imidazole rings is 1. The molecule has 5 nitrogen and oxygen atoms in total. The Balaban J connectivity index is 1.75. The average molecular weight is 295 g/mol. The van der Waals surface area contributed by atoms with Crippen molar-refractivity contribution in [2.24, 2.45) is 0 Å². The summed E-state index contributed by atoms with van der Waals surface area (Å²) in [4.78, 5) is 10.5. The molecule has 0 saturated carbocycles. The summed E-state index contributed by atoms with van der Waals surface area (Å²) >= 11 is 0. The minimum Gasteiger partial charge on any atom is -0.371 e. The Bertz CT molecular complexity index is 829. The van der Waals surface area contributed by atoms with Crippen LogP contribution in [0.1, 0.15) is 31.5 Å². The second-order valence-electron chi connectivity index (χ2n) is 6.28. The van der Waals surface area contributed by atoms with E-state index >= 15 is 0 Å². The molecule has 22 heavy (non-hydrogen) atoms. The largest absolute Gasteiger partial charge is 0.371 e. The van der Waals surface area contributed by atoms with E-state index in [0.29, 0.717) is 6.04 Å². The maximum absolute atomic E-state index is 4.73. The summed E-state index contributed by atoms with van der Waals surface area (Å²) in [6, 6.07) is 7.07. The van der Waals surface area contributed by atoms with Crippen molar-refractivity contribution >= 4 is 16.7 Å². The molecule has 1 aliphatic rings. The molecule has 0 amide bonds. The maximum Gasteiger partial charge on any atom is 0.159 e. The zero-order valence-electron chi connectivity index (χ0n) is 13.3. The van der Waals surface area contributed by atoms with Crippen molar-refractivity contribution in [1.29, 1.82) is 0 Å². The lowest BCUT2D eigenvalue weighted by molar-refractivity contribution is 0.732. The van der Waals surface area contributed by atoms with Gasteiger partial charge in [-0.15, -0.1) is 0 Å². The quantitative estimate of drug-likeness (QED) is 0.779. The molecule has 114 valence electrons. The number of nitrogens with one attached hydrogen (secondary N) is 2. The molecule has 5 heteroatoms. The molecule has 3 heterocycles. The maximum atomic E-state index is 4.73. The van der Waals surface area contributed by atoms with E-state index in [2.05, 4.69) is 59.2 Å². The average Bonchev–Trinajstić information content (AvgIpc) is 3.17. The van der Waals surface area contributed by atoms with E-state index in [9.17, 15) is 0 Å². The highest BCUT2D eigenvalue weighted by Crippen LogP contribution is 2.34. The Morgan fingerprint density at radius 1 is 1.32 bits per heavy atom. The van der Waals surface area contributed by atoms with Gasteiger partial charge in [-0.25, -0.2) is 4.98 Å². The number of hydrogen-bond acceptors (Lipinski definition) is 3. The highest BCUT2D eigenvalue weighted by atomic mass is 15.2. The molecule has 0 bridgehead atoms. The van der Waals surface area contributed by atoms with Crippen LogP contribution in [-0.2, 0) is 12.8 Å². The number of rotatable bonds is 3. The lowest BCUT2D eigenvalue weighted by Gasteiger charge is -2.17. The first-order valence-corrected chi connectivity index (χ1v) is 7.96. The van der Waals surface area contributed by atoms with Gasteiger partial charge in [-0.2, -0.15) is 5.10 Å². The molecule has 2 aromatic heterocycles. The van der Waals surface area contributed by atoms with Crippen LogP contribution in [0.3, 0.4) is 0 Å². The van der Waals surface area contributed by atoms with Crippen molar-refractivity contribution < 1.29 is 0 Å². The highest BCUT2D eigenvalue weighted by Gasteiger charge is 2.24. The van der Waals surface area contributed by atoms with Gasteiger partial charge in [0.15, 0.2) is 5.82 Å².